The molecule has 0 aliphatic carbocycles. The first-order valence-corrected chi connectivity index (χ1v) is 11.2. The van der Waals surface area contributed by atoms with Gasteiger partial charge in [-0.1, -0.05) is 41.6 Å². The topological polar surface area (TPSA) is 86.2 Å². The smallest absolute Gasteiger partial charge is 0.240 e. The summed E-state index contributed by atoms with van der Waals surface area (Å²) in [7, 11) is 0. The fraction of sp³-hybridized carbons (Fsp3) is 0.304. The molecule has 1 aliphatic heterocycles. The van der Waals surface area contributed by atoms with Crippen molar-refractivity contribution in [3.8, 4) is 0 Å². The first kappa shape index (κ1) is 22.6. The van der Waals surface area contributed by atoms with Crippen molar-refractivity contribution in [2.75, 3.05) is 23.3 Å². The summed E-state index contributed by atoms with van der Waals surface area (Å²) in [5.74, 6) is -0.448. The number of rotatable bonds is 8. The lowest BCUT2D eigenvalue weighted by Crippen LogP contribution is -2.28. The Bertz CT molecular complexity index is 966. The van der Waals surface area contributed by atoms with E-state index >= 15 is 0 Å². The van der Waals surface area contributed by atoms with Crippen molar-refractivity contribution in [3.63, 3.8) is 0 Å². The number of hydrogen-bond acceptors (Lipinski definition) is 6. The predicted octanol–water partition coefficient (Wildman–Crippen LogP) is 3.79. The molecule has 3 rings (SSSR count). The first-order chi connectivity index (χ1) is 15.0. The molecule has 0 radical (unpaired) electrons. The van der Waals surface area contributed by atoms with Gasteiger partial charge in [-0.15, -0.1) is 5.10 Å². The van der Waals surface area contributed by atoms with Crippen molar-refractivity contribution >= 4 is 46.3 Å². The molecule has 1 unspecified atom stereocenters. The monoisotopic (exact) mass is 437 g/mol. The van der Waals surface area contributed by atoms with Crippen molar-refractivity contribution in [1.82, 2.24) is 5.32 Å². The van der Waals surface area contributed by atoms with Crippen LogP contribution in [0.25, 0.3) is 0 Å². The Morgan fingerprint density at radius 1 is 1.13 bits per heavy atom. The highest BCUT2D eigenvalue weighted by Crippen LogP contribution is 2.23. The minimum atomic E-state index is -0.521. The molecule has 1 heterocycles. The van der Waals surface area contributed by atoms with E-state index in [0.717, 1.165) is 24.2 Å². The molecule has 2 aromatic rings. The zero-order valence-electron chi connectivity index (χ0n) is 18.0. The van der Waals surface area contributed by atoms with Crippen LogP contribution in [-0.4, -0.2) is 41.5 Å². The number of amidine groups is 1. The molecule has 7 nitrogen and oxygen atoms in total. The first-order valence-electron chi connectivity index (χ1n) is 10.3. The van der Waals surface area contributed by atoms with Crippen molar-refractivity contribution in [1.29, 1.82) is 0 Å². The number of carbonyl (C=O) groups excluding carboxylic acids is 2. The summed E-state index contributed by atoms with van der Waals surface area (Å²) in [4.78, 5) is 26.7. The molecule has 0 saturated carbocycles. The second-order valence-corrected chi connectivity index (χ2v) is 8.32. The summed E-state index contributed by atoms with van der Waals surface area (Å²) in [6, 6.07) is 15.6. The van der Waals surface area contributed by atoms with Gasteiger partial charge in [0, 0.05) is 30.9 Å². The largest absolute Gasteiger partial charge is 0.372 e. The van der Waals surface area contributed by atoms with Gasteiger partial charge < -0.3 is 15.5 Å². The molecule has 1 fully saturated rings. The summed E-state index contributed by atoms with van der Waals surface area (Å²) < 4.78 is 0. The second kappa shape index (κ2) is 10.8. The van der Waals surface area contributed by atoms with E-state index < -0.39 is 5.25 Å². The Morgan fingerprint density at radius 3 is 2.45 bits per heavy atom. The van der Waals surface area contributed by atoms with Crippen molar-refractivity contribution in [3.05, 3.63) is 59.7 Å². The molecule has 1 aliphatic rings. The number of carbonyl (C=O) groups is 2. The number of hydrogen-bond donors (Lipinski definition) is 2. The van der Waals surface area contributed by atoms with Gasteiger partial charge in [-0.2, -0.15) is 5.10 Å². The SMILES string of the molecule is CCN(CC)c1ccc(C=NN=C2NC(=O)C(CC(=O)Nc3ccc(C)cc3)S2)cc1. The highest BCUT2D eigenvalue weighted by molar-refractivity contribution is 8.15. The maximum Gasteiger partial charge on any atom is 0.240 e. The Balaban J connectivity index is 1.53. The quantitative estimate of drug-likeness (QED) is 0.486. The van der Waals surface area contributed by atoms with Crippen LogP contribution in [0.1, 0.15) is 31.4 Å². The van der Waals surface area contributed by atoms with Gasteiger partial charge >= 0.3 is 0 Å². The third-order valence-corrected chi connectivity index (χ3v) is 5.93. The summed E-state index contributed by atoms with van der Waals surface area (Å²) in [6.45, 7) is 8.15. The van der Waals surface area contributed by atoms with E-state index in [1.165, 1.54) is 17.4 Å². The van der Waals surface area contributed by atoms with E-state index in [4.69, 9.17) is 0 Å². The third-order valence-electron chi connectivity index (χ3n) is 4.86. The number of aryl methyl sites for hydroxylation is 1. The van der Waals surface area contributed by atoms with E-state index in [1.54, 1.807) is 6.21 Å². The van der Waals surface area contributed by atoms with Gasteiger partial charge in [0.05, 0.1) is 6.21 Å². The molecule has 2 amide bonds. The van der Waals surface area contributed by atoms with Crippen molar-refractivity contribution in [2.24, 2.45) is 10.2 Å². The zero-order valence-corrected chi connectivity index (χ0v) is 18.8. The van der Waals surface area contributed by atoms with Crippen LogP contribution >= 0.6 is 11.8 Å². The maximum absolute atomic E-state index is 12.2. The van der Waals surface area contributed by atoms with E-state index in [9.17, 15) is 9.59 Å². The number of thioether (sulfide) groups is 1. The molecular formula is C23H27N5O2S. The molecule has 0 spiro atoms. The van der Waals surface area contributed by atoms with Gasteiger partial charge in [-0.3, -0.25) is 9.59 Å². The molecular weight excluding hydrogens is 410 g/mol. The van der Waals surface area contributed by atoms with Gasteiger partial charge in [0.15, 0.2) is 5.17 Å². The highest BCUT2D eigenvalue weighted by Gasteiger charge is 2.32. The van der Waals surface area contributed by atoms with Crippen molar-refractivity contribution in [2.45, 2.75) is 32.4 Å². The van der Waals surface area contributed by atoms with Gasteiger partial charge in [-0.05, 0) is 50.6 Å². The van der Waals surface area contributed by atoms with Crippen LogP contribution in [0.3, 0.4) is 0 Å². The van der Waals surface area contributed by atoms with E-state index in [2.05, 4.69) is 51.7 Å². The number of anilines is 2. The van der Waals surface area contributed by atoms with Gasteiger partial charge in [0.25, 0.3) is 0 Å². The molecule has 162 valence electrons. The molecule has 0 bridgehead atoms. The average molecular weight is 438 g/mol. The summed E-state index contributed by atoms with van der Waals surface area (Å²) in [5.41, 5.74) is 3.91. The Hall–Kier alpha value is -3.13. The number of nitrogens with zero attached hydrogens (tertiary/aromatic N) is 3. The molecule has 31 heavy (non-hydrogen) atoms. The van der Waals surface area contributed by atoms with Gasteiger partial charge in [-0.25, -0.2) is 0 Å². The Labute approximate surface area is 187 Å². The third kappa shape index (κ3) is 6.42. The average Bonchev–Trinajstić information content (AvgIpc) is 3.10. The summed E-state index contributed by atoms with van der Waals surface area (Å²) >= 11 is 1.22. The zero-order chi connectivity index (χ0) is 22.2. The van der Waals surface area contributed by atoms with E-state index in [1.807, 2.05) is 43.3 Å². The molecule has 1 saturated heterocycles. The van der Waals surface area contributed by atoms with Crippen molar-refractivity contribution < 1.29 is 9.59 Å². The molecule has 1 atom stereocenters. The predicted molar refractivity (Wildman–Crippen MR) is 129 cm³/mol. The lowest BCUT2D eigenvalue weighted by atomic mass is 10.2. The van der Waals surface area contributed by atoms with Crippen LogP contribution in [0.5, 0.6) is 0 Å². The molecule has 0 aromatic heterocycles. The highest BCUT2D eigenvalue weighted by atomic mass is 32.2. The minimum absolute atomic E-state index is 0.0694. The maximum atomic E-state index is 12.2. The molecule has 2 N–H and O–H groups in total. The number of nitrogens with one attached hydrogen (secondary N) is 2. The van der Waals surface area contributed by atoms with Crippen LogP contribution < -0.4 is 15.5 Å². The van der Waals surface area contributed by atoms with Gasteiger partial charge in [0.2, 0.25) is 11.8 Å². The molecule has 8 heteroatoms. The number of benzene rings is 2. The van der Waals surface area contributed by atoms with Crippen LogP contribution in [-0.2, 0) is 9.59 Å². The fourth-order valence-corrected chi connectivity index (χ4v) is 4.04. The number of amides is 2. The summed E-state index contributed by atoms with van der Waals surface area (Å²) in [5, 5.41) is 13.5. The standard InChI is InChI=1S/C23H27N5O2S/c1-4-28(5-2)19-12-8-17(9-13-19)15-24-27-23-26-22(30)20(31-23)14-21(29)25-18-10-6-16(3)7-11-18/h6-13,15,20H,4-5,14H2,1-3H3,(H,25,29)(H,26,27,30). The minimum Gasteiger partial charge on any atom is -0.372 e. The van der Waals surface area contributed by atoms with E-state index in [-0.39, 0.29) is 18.2 Å². The van der Waals surface area contributed by atoms with Crippen LogP contribution in [0.4, 0.5) is 11.4 Å². The van der Waals surface area contributed by atoms with E-state index in [0.29, 0.717) is 10.9 Å². The lowest BCUT2D eigenvalue weighted by molar-refractivity contribution is -0.122. The Morgan fingerprint density at radius 2 is 1.81 bits per heavy atom. The normalized spacial score (nSPS) is 17.2. The second-order valence-electron chi connectivity index (χ2n) is 7.13. The van der Waals surface area contributed by atoms with Crippen LogP contribution in [0.2, 0.25) is 0 Å². The van der Waals surface area contributed by atoms with Gasteiger partial charge in [0.1, 0.15) is 5.25 Å². The van der Waals surface area contributed by atoms with Crippen LogP contribution in [0, 0.1) is 6.92 Å². The van der Waals surface area contributed by atoms with Crippen LogP contribution in [0.15, 0.2) is 58.7 Å². The Kier molecular flexibility index (Phi) is 7.83. The molecule has 2 aromatic carbocycles. The summed E-state index contributed by atoms with van der Waals surface area (Å²) in [6.07, 6.45) is 1.71. The lowest BCUT2D eigenvalue weighted by Gasteiger charge is -2.20. The fourth-order valence-electron chi connectivity index (χ4n) is 3.11.